The summed E-state index contributed by atoms with van der Waals surface area (Å²) in [4.78, 5) is 3.36. The molecule has 0 aliphatic rings. The Labute approximate surface area is 71.7 Å². The molecule has 0 aliphatic heterocycles. The summed E-state index contributed by atoms with van der Waals surface area (Å²) in [5.74, 6) is -0.212. The Morgan fingerprint density at radius 1 is 1.50 bits per heavy atom. The third-order valence-corrected chi connectivity index (χ3v) is 1.86. The zero-order valence-corrected chi connectivity index (χ0v) is 7.13. The highest BCUT2D eigenvalue weighted by molar-refractivity contribution is 5.27. The van der Waals surface area contributed by atoms with Gasteiger partial charge >= 0.3 is 0 Å². The Morgan fingerprint density at radius 3 is 2.67 bits per heavy atom. The molecule has 62 valence electrons. The second-order valence-corrected chi connectivity index (χ2v) is 2.81. The minimum absolute atomic E-state index is 0.177. The first-order valence-electron chi connectivity index (χ1n) is 3.77. The molecule has 1 nitrogen and oxygen atoms in total. The molecular formula is C10H10FN. The highest BCUT2D eigenvalue weighted by atomic mass is 19.1. The number of benzene rings is 1. The van der Waals surface area contributed by atoms with Crippen molar-refractivity contribution in [1.29, 1.82) is 0 Å². The van der Waals surface area contributed by atoms with Gasteiger partial charge in [-0.15, -0.1) is 0 Å². The summed E-state index contributed by atoms with van der Waals surface area (Å²) in [6.07, 6.45) is 0. The lowest BCUT2D eigenvalue weighted by Gasteiger charge is -2.01. The lowest BCUT2D eigenvalue weighted by Crippen LogP contribution is -1.90. The summed E-state index contributed by atoms with van der Waals surface area (Å²) in [5.41, 5.74) is 1.48. The summed E-state index contributed by atoms with van der Waals surface area (Å²) in [5, 5.41) is 0. The first-order valence-corrected chi connectivity index (χ1v) is 3.77. The number of nitrogens with zero attached hydrogens (tertiary/aromatic N) is 1. The summed E-state index contributed by atoms with van der Waals surface area (Å²) >= 11 is 0. The quantitative estimate of drug-likeness (QED) is 0.560. The molecule has 0 spiro atoms. The van der Waals surface area contributed by atoms with E-state index in [1.807, 2.05) is 0 Å². The van der Waals surface area contributed by atoms with Crippen LogP contribution in [0.5, 0.6) is 0 Å². The van der Waals surface area contributed by atoms with Crippen molar-refractivity contribution < 1.29 is 4.39 Å². The fourth-order valence-corrected chi connectivity index (χ4v) is 1.00. The molecule has 1 aromatic rings. The van der Waals surface area contributed by atoms with Crippen molar-refractivity contribution in [3.8, 4) is 0 Å². The largest absolute Gasteiger partial charge is 0.309 e. The average molecular weight is 163 g/mol. The second-order valence-electron chi connectivity index (χ2n) is 2.81. The van der Waals surface area contributed by atoms with E-state index in [0.29, 0.717) is 5.56 Å². The minimum Gasteiger partial charge on any atom is -0.309 e. The van der Waals surface area contributed by atoms with Crippen molar-refractivity contribution in [1.82, 2.24) is 0 Å². The van der Waals surface area contributed by atoms with Crippen molar-refractivity contribution >= 4 is 0 Å². The van der Waals surface area contributed by atoms with Crippen molar-refractivity contribution in [2.75, 3.05) is 0 Å². The Kier molecular flexibility index (Phi) is 2.44. The molecule has 2 heteroatoms. The number of halogens is 1. The normalized spacial score (nSPS) is 12.2. The van der Waals surface area contributed by atoms with Gasteiger partial charge in [0.1, 0.15) is 5.82 Å². The average Bonchev–Trinajstić information content (AvgIpc) is 2.08. The number of rotatable bonds is 1. The minimum atomic E-state index is -0.212. The van der Waals surface area contributed by atoms with Gasteiger partial charge in [-0.25, -0.2) is 11.0 Å². The standard InChI is InChI=1S/C10H10FN/c1-7-6-9(8(2)12-3)4-5-10(7)11/h4-6,8H,1-2H3. The first kappa shape index (κ1) is 8.73. The van der Waals surface area contributed by atoms with E-state index < -0.39 is 0 Å². The second kappa shape index (κ2) is 3.36. The zero-order valence-electron chi connectivity index (χ0n) is 7.13. The topological polar surface area (TPSA) is 4.36 Å². The van der Waals surface area contributed by atoms with Gasteiger partial charge in [0.25, 0.3) is 0 Å². The molecule has 0 fully saturated rings. The van der Waals surface area contributed by atoms with Crippen LogP contribution < -0.4 is 0 Å². The van der Waals surface area contributed by atoms with E-state index in [1.54, 1.807) is 26.0 Å². The van der Waals surface area contributed by atoms with Gasteiger partial charge in [-0.1, -0.05) is 0 Å². The molecule has 1 aromatic carbocycles. The van der Waals surface area contributed by atoms with Gasteiger partial charge in [-0.3, -0.25) is 0 Å². The Bertz CT molecular complexity index is 325. The molecule has 1 unspecified atom stereocenters. The fraction of sp³-hybridized carbons (Fsp3) is 0.300. The number of hydrogen-bond donors (Lipinski definition) is 0. The van der Waals surface area contributed by atoms with E-state index in [0.717, 1.165) is 5.56 Å². The molecule has 1 atom stereocenters. The molecule has 1 rings (SSSR count). The maximum atomic E-state index is 12.8. The number of aryl methyl sites for hydroxylation is 1. The lowest BCUT2D eigenvalue weighted by atomic mass is 10.1. The highest BCUT2D eigenvalue weighted by Gasteiger charge is 2.09. The summed E-state index contributed by atoms with van der Waals surface area (Å²) in [6.45, 7) is 10.3. The van der Waals surface area contributed by atoms with Crippen LogP contribution in [0.1, 0.15) is 24.1 Å². The molecule has 0 bridgehead atoms. The van der Waals surface area contributed by atoms with E-state index >= 15 is 0 Å². The maximum absolute atomic E-state index is 12.8. The molecule has 0 radical (unpaired) electrons. The van der Waals surface area contributed by atoms with Crippen LogP contribution in [0.25, 0.3) is 4.85 Å². The van der Waals surface area contributed by atoms with Crippen LogP contribution in [0.2, 0.25) is 0 Å². The van der Waals surface area contributed by atoms with Gasteiger partial charge in [0, 0.05) is 12.5 Å². The van der Waals surface area contributed by atoms with E-state index in [9.17, 15) is 4.39 Å². The van der Waals surface area contributed by atoms with Crippen molar-refractivity contribution in [2.45, 2.75) is 19.9 Å². The number of hydrogen-bond acceptors (Lipinski definition) is 0. The maximum Gasteiger partial charge on any atom is 0.245 e. The van der Waals surface area contributed by atoms with Crippen molar-refractivity contribution in [3.63, 3.8) is 0 Å². The van der Waals surface area contributed by atoms with E-state index in [-0.39, 0.29) is 11.9 Å². The predicted molar refractivity (Wildman–Crippen MR) is 46.2 cm³/mol. The van der Waals surface area contributed by atoms with Gasteiger partial charge in [0.15, 0.2) is 0 Å². The molecule has 0 aromatic heterocycles. The molecular weight excluding hydrogens is 153 g/mol. The molecule has 0 aliphatic carbocycles. The van der Waals surface area contributed by atoms with Crippen LogP contribution >= 0.6 is 0 Å². The smallest absolute Gasteiger partial charge is 0.245 e. The lowest BCUT2D eigenvalue weighted by molar-refractivity contribution is 0.617. The third kappa shape index (κ3) is 1.62. The monoisotopic (exact) mass is 163 g/mol. The fourth-order valence-electron chi connectivity index (χ4n) is 1.00. The Morgan fingerprint density at radius 2 is 2.17 bits per heavy atom. The Hall–Kier alpha value is -1.36. The van der Waals surface area contributed by atoms with Crippen LogP contribution in [0.3, 0.4) is 0 Å². The van der Waals surface area contributed by atoms with Crippen LogP contribution in [-0.2, 0) is 0 Å². The summed E-state index contributed by atoms with van der Waals surface area (Å²) in [6, 6.07) is 4.61. The molecule has 0 amide bonds. The SMILES string of the molecule is [C-]#[N+]C(C)c1ccc(F)c(C)c1. The van der Waals surface area contributed by atoms with Crippen molar-refractivity contribution in [2.24, 2.45) is 0 Å². The third-order valence-electron chi connectivity index (χ3n) is 1.86. The van der Waals surface area contributed by atoms with E-state index in [2.05, 4.69) is 4.85 Å². The molecule has 0 saturated carbocycles. The van der Waals surface area contributed by atoms with E-state index in [1.165, 1.54) is 6.07 Å². The predicted octanol–water partition coefficient (Wildman–Crippen LogP) is 3.11. The molecule has 0 heterocycles. The van der Waals surface area contributed by atoms with Crippen LogP contribution in [0.15, 0.2) is 18.2 Å². The van der Waals surface area contributed by atoms with Gasteiger partial charge in [0.2, 0.25) is 6.04 Å². The van der Waals surface area contributed by atoms with Gasteiger partial charge in [-0.2, -0.15) is 0 Å². The van der Waals surface area contributed by atoms with Gasteiger partial charge in [0.05, 0.1) is 0 Å². The molecule has 0 saturated heterocycles. The first-order chi connectivity index (χ1) is 5.65. The summed E-state index contributed by atoms with van der Waals surface area (Å²) in [7, 11) is 0. The molecule has 12 heavy (non-hydrogen) atoms. The van der Waals surface area contributed by atoms with Crippen molar-refractivity contribution in [3.05, 3.63) is 46.6 Å². The van der Waals surface area contributed by atoms with Crippen LogP contribution in [-0.4, -0.2) is 0 Å². The van der Waals surface area contributed by atoms with Crippen LogP contribution in [0, 0.1) is 19.3 Å². The van der Waals surface area contributed by atoms with Gasteiger partial charge < -0.3 is 4.85 Å². The molecule has 0 N–H and O–H groups in total. The summed E-state index contributed by atoms with van der Waals surface area (Å²) < 4.78 is 12.8. The Balaban J connectivity index is 3.06. The van der Waals surface area contributed by atoms with E-state index in [4.69, 9.17) is 6.57 Å². The van der Waals surface area contributed by atoms with Crippen LogP contribution in [0.4, 0.5) is 4.39 Å². The zero-order chi connectivity index (χ0) is 9.14. The van der Waals surface area contributed by atoms with Gasteiger partial charge in [-0.05, 0) is 30.7 Å². The highest BCUT2D eigenvalue weighted by Crippen LogP contribution is 2.18.